The van der Waals surface area contributed by atoms with Crippen molar-refractivity contribution in [2.24, 2.45) is 0 Å². The van der Waals surface area contributed by atoms with Crippen LogP contribution < -0.4 is 4.72 Å². The molecule has 2 aromatic rings. The van der Waals surface area contributed by atoms with E-state index in [1.54, 1.807) is 0 Å². The summed E-state index contributed by atoms with van der Waals surface area (Å²) >= 11 is 8.72. The molecule has 10 heteroatoms. The van der Waals surface area contributed by atoms with Gasteiger partial charge in [-0.25, -0.2) is 12.8 Å². The zero-order valence-electron chi connectivity index (χ0n) is 10.6. The Bertz CT molecular complexity index is 860. The minimum atomic E-state index is -4.20. The smallest absolute Gasteiger partial charge is 0.277 e. The van der Waals surface area contributed by atoms with Crippen molar-refractivity contribution in [3.05, 3.63) is 61.8 Å². The van der Waals surface area contributed by atoms with Crippen LogP contribution in [0.2, 0.25) is 5.02 Å². The van der Waals surface area contributed by atoms with Gasteiger partial charge >= 0.3 is 0 Å². The van der Waals surface area contributed by atoms with Crippen molar-refractivity contribution < 1.29 is 17.7 Å². The van der Waals surface area contributed by atoms with Crippen molar-refractivity contribution in [1.29, 1.82) is 0 Å². The number of hydrogen-bond acceptors (Lipinski definition) is 4. The fourth-order valence-electron chi connectivity index (χ4n) is 1.58. The summed E-state index contributed by atoms with van der Waals surface area (Å²) in [6.07, 6.45) is 0. The number of sulfonamides is 1. The first-order valence-corrected chi connectivity index (χ1v) is 8.28. The van der Waals surface area contributed by atoms with Crippen molar-refractivity contribution in [3.8, 4) is 0 Å². The average molecular weight is 410 g/mol. The molecule has 0 spiro atoms. The van der Waals surface area contributed by atoms with E-state index in [1.165, 1.54) is 12.1 Å². The zero-order chi connectivity index (χ0) is 16.5. The molecule has 0 aliphatic rings. The Hall–Kier alpha value is -1.71. The molecule has 0 aromatic heterocycles. The van der Waals surface area contributed by atoms with Crippen LogP contribution in [0.25, 0.3) is 0 Å². The van der Waals surface area contributed by atoms with Crippen LogP contribution >= 0.6 is 27.5 Å². The van der Waals surface area contributed by atoms with E-state index in [-0.39, 0.29) is 10.7 Å². The molecule has 0 radical (unpaired) electrons. The quantitative estimate of drug-likeness (QED) is 0.611. The Morgan fingerprint density at radius 2 is 1.91 bits per heavy atom. The molecule has 0 bridgehead atoms. The summed E-state index contributed by atoms with van der Waals surface area (Å²) in [5.41, 5.74) is -0.841. The molecule has 0 amide bonds. The highest BCUT2D eigenvalue weighted by atomic mass is 79.9. The summed E-state index contributed by atoms with van der Waals surface area (Å²) in [4.78, 5) is 9.59. The molecule has 116 valence electrons. The van der Waals surface area contributed by atoms with Gasteiger partial charge in [0.05, 0.1) is 15.5 Å². The van der Waals surface area contributed by atoms with Crippen LogP contribution in [-0.2, 0) is 10.0 Å². The van der Waals surface area contributed by atoms with Gasteiger partial charge in [0.15, 0.2) is 0 Å². The molecule has 0 atom stereocenters. The van der Waals surface area contributed by atoms with Gasteiger partial charge in [-0.05, 0) is 30.3 Å². The van der Waals surface area contributed by atoms with E-state index >= 15 is 0 Å². The minimum absolute atomic E-state index is 0.197. The predicted molar refractivity (Wildman–Crippen MR) is 83.0 cm³/mol. The van der Waals surface area contributed by atoms with Crippen LogP contribution in [0.15, 0.2) is 45.8 Å². The lowest BCUT2D eigenvalue weighted by Gasteiger charge is -2.09. The second kappa shape index (κ2) is 6.19. The predicted octanol–water partition coefficient (Wildman–Crippen LogP) is 3.95. The molecule has 0 aliphatic carbocycles. The number of hydrogen-bond donors (Lipinski definition) is 1. The molecule has 6 nitrogen and oxygen atoms in total. The topological polar surface area (TPSA) is 89.3 Å². The van der Waals surface area contributed by atoms with Gasteiger partial charge in [-0.15, -0.1) is 0 Å². The maximum absolute atomic E-state index is 13.6. The third kappa shape index (κ3) is 3.54. The van der Waals surface area contributed by atoms with E-state index in [9.17, 15) is 22.9 Å². The maximum atomic E-state index is 13.6. The van der Waals surface area contributed by atoms with Gasteiger partial charge in [0.25, 0.3) is 15.7 Å². The zero-order valence-corrected chi connectivity index (χ0v) is 13.7. The number of nitro groups is 1. The van der Waals surface area contributed by atoms with Gasteiger partial charge in [0, 0.05) is 10.5 Å². The van der Waals surface area contributed by atoms with Crippen LogP contribution in [-0.4, -0.2) is 13.3 Å². The monoisotopic (exact) mass is 408 g/mol. The van der Waals surface area contributed by atoms with Crippen LogP contribution in [0.1, 0.15) is 0 Å². The number of halogens is 3. The molecule has 2 rings (SSSR count). The van der Waals surface area contributed by atoms with Crippen molar-refractivity contribution in [1.82, 2.24) is 0 Å². The molecule has 0 saturated heterocycles. The van der Waals surface area contributed by atoms with Gasteiger partial charge in [0.1, 0.15) is 10.8 Å². The Labute approximate surface area is 138 Å². The summed E-state index contributed by atoms with van der Waals surface area (Å²) in [6, 6.07) is 6.70. The second-order valence-corrected chi connectivity index (χ2v) is 7.11. The SMILES string of the molecule is O=[N+]([O-])c1cc(S(=O)(=O)Nc2cc(Br)ccc2F)ccc1Cl. The first kappa shape index (κ1) is 16.7. The van der Waals surface area contributed by atoms with Crippen molar-refractivity contribution in [2.75, 3.05) is 4.72 Å². The van der Waals surface area contributed by atoms with E-state index in [4.69, 9.17) is 11.6 Å². The van der Waals surface area contributed by atoms with Gasteiger partial charge in [-0.3, -0.25) is 14.8 Å². The first-order valence-electron chi connectivity index (χ1n) is 5.62. The van der Waals surface area contributed by atoms with Crippen LogP contribution in [0.3, 0.4) is 0 Å². The molecular weight excluding hydrogens is 403 g/mol. The Morgan fingerprint density at radius 1 is 1.23 bits per heavy atom. The van der Waals surface area contributed by atoms with Crippen LogP contribution in [0.5, 0.6) is 0 Å². The van der Waals surface area contributed by atoms with Crippen molar-refractivity contribution >= 4 is 48.9 Å². The normalized spacial score (nSPS) is 11.2. The van der Waals surface area contributed by atoms with E-state index in [0.717, 1.165) is 24.3 Å². The lowest BCUT2D eigenvalue weighted by atomic mass is 10.3. The fraction of sp³-hybridized carbons (Fsp3) is 0. The van der Waals surface area contributed by atoms with E-state index in [0.29, 0.717) is 4.47 Å². The number of nitrogens with one attached hydrogen (secondary N) is 1. The maximum Gasteiger partial charge on any atom is 0.289 e. The first-order chi connectivity index (χ1) is 10.2. The van der Waals surface area contributed by atoms with E-state index in [1.807, 2.05) is 4.72 Å². The van der Waals surface area contributed by atoms with Gasteiger partial charge in [-0.2, -0.15) is 0 Å². The van der Waals surface area contributed by atoms with Gasteiger partial charge in [0.2, 0.25) is 0 Å². The number of nitrogens with zero attached hydrogens (tertiary/aromatic N) is 1. The summed E-state index contributed by atoms with van der Waals surface area (Å²) in [7, 11) is -4.20. The standard InChI is InChI=1S/C12H7BrClFN2O4S/c13-7-1-4-10(15)11(5-7)16-22(20,21)8-2-3-9(14)12(6-8)17(18)19/h1-6,16H. The molecule has 0 heterocycles. The highest BCUT2D eigenvalue weighted by Crippen LogP contribution is 2.29. The highest BCUT2D eigenvalue weighted by Gasteiger charge is 2.21. The van der Waals surface area contributed by atoms with E-state index < -0.39 is 31.3 Å². The Balaban J connectivity index is 2.45. The number of rotatable bonds is 4. The van der Waals surface area contributed by atoms with Gasteiger partial charge in [-0.1, -0.05) is 27.5 Å². The van der Waals surface area contributed by atoms with Gasteiger partial charge < -0.3 is 0 Å². The van der Waals surface area contributed by atoms with Crippen molar-refractivity contribution in [2.45, 2.75) is 4.90 Å². The fourth-order valence-corrected chi connectivity index (χ4v) is 3.20. The minimum Gasteiger partial charge on any atom is -0.277 e. The molecule has 22 heavy (non-hydrogen) atoms. The molecule has 2 aromatic carbocycles. The highest BCUT2D eigenvalue weighted by molar-refractivity contribution is 9.10. The third-order valence-corrected chi connectivity index (χ3v) is 4.77. The molecule has 0 unspecified atom stereocenters. The molecule has 1 N–H and O–H groups in total. The van der Waals surface area contributed by atoms with E-state index in [2.05, 4.69) is 15.9 Å². The van der Waals surface area contributed by atoms with Crippen LogP contribution in [0, 0.1) is 15.9 Å². The summed E-state index contributed by atoms with van der Waals surface area (Å²) in [6.45, 7) is 0. The summed E-state index contributed by atoms with van der Waals surface area (Å²) in [5, 5.41) is 10.6. The number of nitro benzene ring substituents is 1. The second-order valence-electron chi connectivity index (χ2n) is 4.10. The van der Waals surface area contributed by atoms with Crippen LogP contribution in [0.4, 0.5) is 15.8 Å². The Kier molecular flexibility index (Phi) is 4.69. The molecule has 0 fully saturated rings. The largest absolute Gasteiger partial charge is 0.289 e. The summed E-state index contributed by atoms with van der Waals surface area (Å²) in [5.74, 6) is -0.782. The third-order valence-electron chi connectivity index (χ3n) is 2.60. The summed E-state index contributed by atoms with van der Waals surface area (Å²) < 4.78 is 40.5. The van der Waals surface area contributed by atoms with Crippen molar-refractivity contribution in [3.63, 3.8) is 0 Å². The number of anilines is 1. The lowest BCUT2D eigenvalue weighted by molar-refractivity contribution is -0.384. The lowest BCUT2D eigenvalue weighted by Crippen LogP contribution is -2.14. The molecule has 0 saturated carbocycles. The molecule has 0 aliphatic heterocycles. The molecular formula is C12H7BrClFN2O4S. The number of benzene rings is 2. The average Bonchev–Trinajstić information content (AvgIpc) is 2.42. The Morgan fingerprint density at radius 3 is 2.55 bits per heavy atom.